The molecule has 0 aliphatic rings. The van der Waals surface area contributed by atoms with Gasteiger partial charge in [0.05, 0.1) is 6.61 Å². The van der Waals surface area contributed by atoms with Crippen LogP contribution in [0.4, 0.5) is 0 Å². The van der Waals surface area contributed by atoms with Gasteiger partial charge in [-0.25, -0.2) is 18.1 Å². The first-order chi connectivity index (χ1) is 9.45. The fourth-order valence-electron chi connectivity index (χ4n) is 1.36. The van der Waals surface area contributed by atoms with E-state index in [1.807, 2.05) is 6.07 Å². The van der Waals surface area contributed by atoms with Crippen LogP contribution in [0.2, 0.25) is 0 Å². The molecule has 0 bridgehead atoms. The zero-order valence-electron chi connectivity index (χ0n) is 11.7. The molecular weight excluding hydrogens is 278 g/mol. The zero-order valence-corrected chi connectivity index (χ0v) is 12.5. The van der Waals surface area contributed by atoms with Crippen molar-refractivity contribution in [3.05, 3.63) is 24.0 Å². The number of ether oxygens (including phenoxy) is 1. The quantitative estimate of drug-likeness (QED) is 0.730. The molecule has 20 heavy (non-hydrogen) atoms. The monoisotopic (exact) mass is 297 g/mol. The number of aromatic nitrogens is 1. The number of nitriles is 1. The van der Waals surface area contributed by atoms with E-state index in [1.54, 1.807) is 0 Å². The van der Waals surface area contributed by atoms with Crippen molar-refractivity contribution in [3.63, 3.8) is 0 Å². The largest absolute Gasteiger partial charge is 0.380 e. The second-order valence-electron chi connectivity index (χ2n) is 4.68. The van der Waals surface area contributed by atoms with E-state index in [9.17, 15) is 8.42 Å². The summed E-state index contributed by atoms with van der Waals surface area (Å²) < 4.78 is 31.5. The number of hydrogen-bond donors (Lipinski definition) is 1. The number of hydrogen-bond acceptors (Lipinski definition) is 5. The minimum Gasteiger partial charge on any atom is -0.380 e. The van der Waals surface area contributed by atoms with Gasteiger partial charge in [-0.15, -0.1) is 0 Å². The summed E-state index contributed by atoms with van der Waals surface area (Å²) in [7, 11) is -3.59. The summed E-state index contributed by atoms with van der Waals surface area (Å²) in [4.78, 5) is 3.77. The summed E-state index contributed by atoms with van der Waals surface area (Å²) in [6.45, 7) is 5.36. The zero-order chi connectivity index (χ0) is 15.0. The average Bonchev–Trinajstić information content (AvgIpc) is 2.42. The molecule has 1 N–H and O–H groups in total. The lowest BCUT2D eigenvalue weighted by Gasteiger charge is -2.08. The van der Waals surface area contributed by atoms with Crippen LogP contribution in [-0.2, 0) is 14.8 Å². The molecule has 1 rings (SSSR count). The number of nitrogens with zero attached hydrogens (tertiary/aromatic N) is 2. The SMILES string of the molecule is CC(C)CCOCCNS(=O)(=O)c1ccc(C#N)nc1. The maximum atomic E-state index is 11.9. The van der Waals surface area contributed by atoms with Crippen LogP contribution in [0.15, 0.2) is 23.2 Å². The Balaban J connectivity index is 2.40. The molecule has 0 radical (unpaired) electrons. The molecule has 0 aliphatic carbocycles. The van der Waals surface area contributed by atoms with E-state index in [1.165, 1.54) is 18.3 Å². The van der Waals surface area contributed by atoms with Crippen LogP contribution >= 0.6 is 0 Å². The van der Waals surface area contributed by atoms with Crippen LogP contribution in [0.1, 0.15) is 26.0 Å². The van der Waals surface area contributed by atoms with E-state index in [-0.39, 0.29) is 17.1 Å². The number of pyridine rings is 1. The Morgan fingerprint density at radius 1 is 1.40 bits per heavy atom. The molecule has 1 aromatic heterocycles. The highest BCUT2D eigenvalue weighted by molar-refractivity contribution is 7.89. The fraction of sp³-hybridized carbons (Fsp3) is 0.538. The first-order valence-corrected chi connectivity index (χ1v) is 7.87. The summed E-state index contributed by atoms with van der Waals surface area (Å²) in [5, 5.41) is 8.60. The molecular formula is C13H19N3O3S. The Kier molecular flexibility index (Phi) is 6.58. The van der Waals surface area contributed by atoms with Crippen molar-refractivity contribution in [2.45, 2.75) is 25.2 Å². The second kappa shape index (κ2) is 7.94. The molecule has 0 fully saturated rings. The van der Waals surface area contributed by atoms with E-state index in [0.717, 1.165) is 6.42 Å². The van der Waals surface area contributed by atoms with Crippen molar-refractivity contribution >= 4 is 10.0 Å². The number of nitrogens with one attached hydrogen (secondary N) is 1. The van der Waals surface area contributed by atoms with E-state index in [2.05, 4.69) is 23.6 Å². The predicted octanol–water partition coefficient (Wildman–Crippen LogP) is 1.29. The summed E-state index contributed by atoms with van der Waals surface area (Å²) in [6.07, 6.45) is 2.12. The predicted molar refractivity (Wildman–Crippen MR) is 74.4 cm³/mol. The van der Waals surface area contributed by atoms with E-state index < -0.39 is 10.0 Å². The number of rotatable bonds is 8. The van der Waals surface area contributed by atoms with Gasteiger partial charge in [0.2, 0.25) is 10.0 Å². The van der Waals surface area contributed by atoms with Crippen molar-refractivity contribution in [2.24, 2.45) is 5.92 Å². The lowest BCUT2D eigenvalue weighted by Crippen LogP contribution is -2.27. The van der Waals surface area contributed by atoms with Crippen molar-refractivity contribution in [1.29, 1.82) is 5.26 Å². The third kappa shape index (κ3) is 5.65. The Hall–Kier alpha value is -1.49. The third-order valence-electron chi connectivity index (χ3n) is 2.54. The van der Waals surface area contributed by atoms with Crippen LogP contribution in [0.5, 0.6) is 0 Å². The van der Waals surface area contributed by atoms with Crippen LogP contribution in [0, 0.1) is 17.2 Å². The summed E-state index contributed by atoms with van der Waals surface area (Å²) in [5.41, 5.74) is 0.181. The molecule has 0 aromatic carbocycles. The minimum absolute atomic E-state index is 0.0404. The molecule has 7 heteroatoms. The molecule has 0 saturated carbocycles. The second-order valence-corrected chi connectivity index (χ2v) is 6.45. The standard InChI is InChI=1S/C13H19N3O3S/c1-11(2)5-7-19-8-6-16-20(17,18)13-4-3-12(9-14)15-10-13/h3-4,10-11,16H,5-8H2,1-2H3. The highest BCUT2D eigenvalue weighted by Gasteiger charge is 2.13. The maximum absolute atomic E-state index is 11.9. The highest BCUT2D eigenvalue weighted by atomic mass is 32.2. The first kappa shape index (κ1) is 16.6. The van der Waals surface area contributed by atoms with Gasteiger partial charge in [0.1, 0.15) is 16.7 Å². The molecule has 6 nitrogen and oxygen atoms in total. The highest BCUT2D eigenvalue weighted by Crippen LogP contribution is 2.07. The Labute approximate surface area is 119 Å². The topological polar surface area (TPSA) is 92.1 Å². The Bertz CT molecular complexity index is 547. The lowest BCUT2D eigenvalue weighted by atomic mass is 10.1. The Morgan fingerprint density at radius 3 is 2.70 bits per heavy atom. The van der Waals surface area contributed by atoms with Gasteiger partial charge < -0.3 is 4.74 Å². The summed E-state index contributed by atoms with van der Waals surface area (Å²) >= 11 is 0. The molecule has 1 heterocycles. The van der Waals surface area contributed by atoms with Gasteiger partial charge >= 0.3 is 0 Å². The molecule has 110 valence electrons. The summed E-state index contributed by atoms with van der Waals surface area (Å²) in [5.74, 6) is 0.566. The van der Waals surface area contributed by atoms with Crippen LogP contribution in [-0.4, -0.2) is 33.2 Å². The van der Waals surface area contributed by atoms with Crippen molar-refractivity contribution < 1.29 is 13.2 Å². The van der Waals surface area contributed by atoms with Gasteiger partial charge in [0.25, 0.3) is 0 Å². The van der Waals surface area contributed by atoms with Gasteiger partial charge in [0.15, 0.2) is 0 Å². The van der Waals surface area contributed by atoms with E-state index in [4.69, 9.17) is 10.00 Å². The molecule has 0 atom stereocenters. The van der Waals surface area contributed by atoms with E-state index in [0.29, 0.717) is 19.1 Å². The van der Waals surface area contributed by atoms with Crippen LogP contribution < -0.4 is 4.72 Å². The van der Waals surface area contributed by atoms with Crippen molar-refractivity contribution in [2.75, 3.05) is 19.8 Å². The minimum atomic E-state index is -3.59. The molecule has 0 saturated heterocycles. The molecule has 0 unspecified atom stereocenters. The summed E-state index contributed by atoms with van der Waals surface area (Å²) in [6, 6.07) is 4.56. The third-order valence-corrected chi connectivity index (χ3v) is 3.99. The maximum Gasteiger partial charge on any atom is 0.242 e. The van der Waals surface area contributed by atoms with E-state index >= 15 is 0 Å². The van der Waals surface area contributed by atoms with Gasteiger partial charge in [-0.3, -0.25) is 0 Å². The smallest absolute Gasteiger partial charge is 0.242 e. The number of sulfonamides is 1. The van der Waals surface area contributed by atoms with Gasteiger partial charge in [-0.05, 0) is 24.5 Å². The van der Waals surface area contributed by atoms with Crippen molar-refractivity contribution in [1.82, 2.24) is 9.71 Å². The van der Waals surface area contributed by atoms with Gasteiger partial charge in [-0.1, -0.05) is 13.8 Å². The molecule has 1 aromatic rings. The molecule has 0 spiro atoms. The van der Waals surface area contributed by atoms with Gasteiger partial charge in [-0.2, -0.15) is 5.26 Å². The first-order valence-electron chi connectivity index (χ1n) is 6.39. The Morgan fingerprint density at radius 2 is 2.15 bits per heavy atom. The van der Waals surface area contributed by atoms with Crippen LogP contribution in [0.3, 0.4) is 0 Å². The average molecular weight is 297 g/mol. The van der Waals surface area contributed by atoms with Gasteiger partial charge in [0, 0.05) is 19.3 Å². The molecule has 0 amide bonds. The van der Waals surface area contributed by atoms with Crippen LogP contribution in [0.25, 0.3) is 0 Å². The normalized spacial score (nSPS) is 11.5. The van der Waals surface area contributed by atoms with Crippen molar-refractivity contribution in [3.8, 4) is 6.07 Å². The molecule has 0 aliphatic heterocycles. The lowest BCUT2D eigenvalue weighted by molar-refractivity contribution is 0.128. The fourth-order valence-corrected chi connectivity index (χ4v) is 2.32.